The Morgan fingerprint density at radius 1 is 1.23 bits per heavy atom. The van der Waals surface area contributed by atoms with Gasteiger partial charge in [-0.1, -0.05) is 18.2 Å². The Balaban J connectivity index is 2.09. The summed E-state index contributed by atoms with van der Waals surface area (Å²) in [5.74, 6) is -1.91. The van der Waals surface area contributed by atoms with Crippen LogP contribution in [0.3, 0.4) is 0 Å². The average molecular weight is 302 g/mol. The number of carboxylic acid groups (broad SMARTS) is 1. The van der Waals surface area contributed by atoms with Crippen molar-refractivity contribution in [3.63, 3.8) is 0 Å². The fourth-order valence-corrected chi connectivity index (χ4v) is 1.75. The largest absolute Gasteiger partial charge is 0.487 e. The molecule has 1 aromatic carbocycles. The molecule has 0 aliphatic rings. The minimum Gasteiger partial charge on any atom is -0.487 e. The lowest BCUT2D eigenvalue weighted by molar-refractivity contribution is -0.148. The number of ether oxygens (including phenoxy) is 2. The fraction of sp³-hybridized carbons (Fsp3) is 0.200. The van der Waals surface area contributed by atoms with Crippen LogP contribution in [-0.2, 0) is 22.6 Å². The second-order valence-electron chi connectivity index (χ2n) is 4.34. The van der Waals surface area contributed by atoms with Crippen LogP contribution < -0.4 is 9.47 Å². The van der Waals surface area contributed by atoms with Gasteiger partial charge in [0, 0.05) is 18.2 Å². The summed E-state index contributed by atoms with van der Waals surface area (Å²) in [5.41, 5.74) is 1.11. The van der Waals surface area contributed by atoms with Gasteiger partial charge in [0.25, 0.3) is 0 Å². The predicted molar refractivity (Wildman–Crippen MR) is 75.7 cm³/mol. The molecule has 7 heteroatoms. The molecule has 0 saturated heterocycles. The first-order chi connectivity index (χ1) is 10.6. The number of aliphatic carboxylic acids is 1. The van der Waals surface area contributed by atoms with Gasteiger partial charge in [0.15, 0.2) is 0 Å². The van der Waals surface area contributed by atoms with Crippen LogP contribution in [0.25, 0.3) is 0 Å². The molecule has 0 bridgehead atoms. The van der Waals surface area contributed by atoms with Crippen LogP contribution in [0.1, 0.15) is 11.3 Å². The van der Waals surface area contributed by atoms with Crippen molar-refractivity contribution in [2.45, 2.75) is 13.0 Å². The van der Waals surface area contributed by atoms with E-state index in [0.29, 0.717) is 17.0 Å². The zero-order chi connectivity index (χ0) is 15.9. The first kappa shape index (κ1) is 15.4. The normalized spacial score (nSPS) is 10.0. The molecule has 0 fully saturated rings. The number of ketones is 1. The summed E-state index contributed by atoms with van der Waals surface area (Å²) in [6.07, 6.45) is 1.32. The highest BCUT2D eigenvalue weighted by Gasteiger charge is 2.15. The summed E-state index contributed by atoms with van der Waals surface area (Å²) >= 11 is 0. The van der Waals surface area contributed by atoms with Gasteiger partial charge in [-0.3, -0.25) is 4.79 Å². The van der Waals surface area contributed by atoms with Crippen LogP contribution >= 0.6 is 0 Å². The number of para-hydroxylation sites is 1. The number of Topliss-reactive ketones (excluding diaryl/α,β-unsaturated/α-hetero) is 1. The Morgan fingerprint density at radius 3 is 2.73 bits per heavy atom. The molecule has 2 aromatic rings. The van der Waals surface area contributed by atoms with E-state index in [-0.39, 0.29) is 19.0 Å². The first-order valence-electron chi connectivity index (χ1n) is 6.43. The van der Waals surface area contributed by atoms with E-state index in [1.54, 1.807) is 36.5 Å². The Bertz CT molecular complexity index is 687. The summed E-state index contributed by atoms with van der Waals surface area (Å²) in [6.45, 7) is 0.150. The van der Waals surface area contributed by atoms with Crippen molar-refractivity contribution in [3.8, 4) is 11.8 Å². The Kier molecular flexibility index (Phi) is 5.02. The van der Waals surface area contributed by atoms with Gasteiger partial charge in [-0.2, -0.15) is 4.98 Å². The summed E-state index contributed by atoms with van der Waals surface area (Å²) in [4.78, 5) is 30.0. The van der Waals surface area contributed by atoms with Crippen molar-refractivity contribution in [1.82, 2.24) is 9.97 Å². The molecule has 2 rings (SSSR count). The van der Waals surface area contributed by atoms with Gasteiger partial charge in [0.05, 0.1) is 12.8 Å². The maximum absolute atomic E-state index is 11.3. The van der Waals surface area contributed by atoms with Crippen LogP contribution in [0.4, 0.5) is 0 Å². The van der Waals surface area contributed by atoms with Crippen molar-refractivity contribution in [2.75, 3.05) is 7.11 Å². The highest BCUT2D eigenvalue weighted by Crippen LogP contribution is 2.20. The quantitative estimate of drug-likeness (QED) is 0.769. The maximum Gasteiger partial charge on any atom is 0.372 e. The van der Waals surface area contributed by atoms with E-state index < -0.39 is 11.8 Å². The summed E-state index contributed by atoms with van der Waals surface area (Å²) in [7, 11) is 1.47. The van der Waals surface area contributed by atoms with E-state index in [9.17, 15) is 9.59 Å². The van der Waals surface area contributed by atoms with Crippen molar-refractivity contribution in [3.05, 3.63) is 47.8 Å². The predicted octanol–water partition coefficient (Wildman–Crippen LogP) is 1.26. The van der Waals surface area contributed by atoms with Crippen LogP contribution in [-0.4, -0.2) is 33.9 Å². The second kappa shape index (κ2) is 7.16. The van der Waals surface area contributed by atoms with Gasteiger partial charge >= 0.3 is 12.0 Å². The molecule has 22 heavy (non-hydrogen) atoms. The number of aromatic nitrogens is 2. The van der Waals surface area contributed by atoms with Crippen molar-refractivity contribution in [2.24, 2.45) is 0 Å². The molecular formula is C15H14N2O5. The molecule has 0 saturated carbocycles. The highest BCUT2D eigenvalue weighted by molar-refractivity contribution is 6.33. The molecule has 0 aliphatic carbocycles. The highest BCUT2D eigenvalue weighted by atomic mass is 16.5. The number of nitrogens with zero attached hydrogens (tertiary/aromatic N) is 2. The third-order valence-corrected chi connectivity index (χ3v) is 2.81. The van der Waals surface area contributed by atoms with E-state index in [2.05, 4.69) is 9.97 Å². The van der Waals surface area contributed by atoms with E-state index in [1.165, 1.54) is 7.11 Å². The first-order valence-corrected chi connectivity index (χ1v) is 6.43. The van der Waals surface area contributed by atoms with E-state index in [0.717, 1.165) is 0 Å². The fourth-order valence-electron chi connectivity index (χ4n) is 1.75. The van der Waals surface area contributed by atoms with Crippen LogP contribution in [0, 0.1) is 0 Å². The van der Waals surface area contributed by atoms with E-state index in [4.69, 9.17) is 14.6 Å². The van der Waals surface area contributed by atoms with Gasteiger partial charge in [-0.25, -0.2) is 9.78 Å². The molecular weight excluding hydrogens is 288 g/mol. The van der Waals surface area contributed by atoms with E-state index in [1.807, 2.05) is 0 Å². The third kappa shape index (κ3) is 4.02. The lowest BCUT2D eigenvalue weighted by Crippen LogP contribution is -2.15. The zero-order valence-corrected chi connectivity index (χ0v) is 11.9. The van der Waals surface area contributed by atoms with Crippen molar-refractivity contribution >= 4 is 11.8 Å². The minimum absolute atomic E-state index is 0.150. The number of hydrogen-bond acceptors (Lipinski definition) is 6. The third-order valence-electron chi connectivity index (χ3n) is 2.81. The van der Waals surface area contributed by atoms with Gasteiger partial charge in [0.2, 0.25) is 5.78 Å². The van der Waals surface area contributed by atoms with Crippen LogP contribution in [0.2, 0.25) is 0 Å². The van der Waals surface area contributed by atoms with Crippen molar-refractivity contribution < 1.29 is 24.2 Å². The number of carboxylic acids is 1. The lowest BCUT2D eigenvalue weighted by Gasteiger charge is -2.10. The van der Waals surface area contributed by atoms with Gasteiger partial charge in [-0.15, -0.1) is 0 Å². The molecule has 0 spiro atoms. The number of hydrogen-bond donors (Lipinski definition) is 1. The minimum atomic E-state index is -1.46. The Labute approximate surface area is 126 Å². The molecule has 0 amide bonds. The van der Waals surface area contributed by atoms with Crippen LogP contribution in [0.5, 0.6) is 11.8 Å². The Morgan fingerprint density at radius 2 is 2.00 bits per heavy atom. The SMILES string of the molecule is COc1nccc(COc2ccccc2CC(=O)C(=O)O)n1. The standard InChI is InChI=1S/C15H14N2O5/c1-21-15-16-7-6-11(17-15)9-22-13-5-3-2-4-10(13)8-12(18)14(19)20/h2-7H,8-9H2,1H3,(H,19,20). The molecule has 0 atom stereocenters. The molecule has 0 aliphatic heterocycles. The summed E-state index contributed by atoms with van der Waals surface area (Å²) in [5, 5.41) is 8.68. The smallest absolute Gasteiger partial charge is 0.372 e. The van der Waals surface area contributed by atoms with Gasteiger partial charge < -0.3 is 14.6 Å². The zero-order valence-electron chi connectivity index (χ0n) is 11.9. The molecule has 7 nitrogen and oxygen atoms in total. The second-order valence-corrected chi connectivity index (χ2v) is 4.34. The lowest BCUT2D eigenvalue weighted by atomic mass is 10.1. The number of benzene rings is 1. The molecule has 1 N–H and O–H groups in total. The Hall–Kier alpha value is -2.96. The average Bonchev–Trinajstić information content (AvgIpc) is 2.54. The molecule has 0 unspecified atom stereocenters. The molecule has 114 valence electrons. The number of carbonyl (C=O) groups excluding carboxylic acids is 1. The number of methoxy groups -OCH3 is 1. The summed E-state index contributed by atoms with van der Waals surface area (Å²) < 4.78 is 10.5. The van der Waals surface area contributed by atoms with Gasteiger partial charge in [0.1, 0.15) is 12.4 Å². The molecule has 1 aromatic heterocycles. The molecule has 1 heterocycles. The number of carbonyl (C=O) groups is 2. The summed E-state index contributed by atoms with van der Waals surface area (Å²) in [6, 6.07) is 8.68. The topological polar surface area (TPSA) is 98.6 Å². The monoisotopic (exact) mass is 302 g/mol. The van der Waals surface area contributed by atoms with Crippen LogP contribution in [0.15, 0.2) is 36.5 Å². The van der Waals surface area contributed by atoms with E-state index >= 15 is 0 Å². The molecule has 0 radical (unpaired) electrons. The van der Waals surface area contributed by atoms with Crippen molar-refractivity contribution in [1.29, 1.82) is 0 Å². The maximum atomic E-state index is 11.3. The number of rotatable bonds is 7. The van der Waals surface area contributed by atoms with Gasteiger partial charge in [-0.05, 0) is 12.1 Å².